The van der Waals surface area contributed by atoms with Crippen LogP contribution < -0.4 is 4.74 Å². The largest absolute Gasteiger partial charge is 0.488 e. The van der Waals surface area contributed by atoms with Gasteiger partial charge < -0.3 is 23.5 Å². The fourth-order valence-electron chi connectivity index (χ4n) is 5.30. The Morgan fingerprint density at radius 3 is 2.30 bits per heavy atom. The minimum absolute atomic E-state index is 0.00557. The maximum Gasteiger partial charge on any atom is 0.410 e. The van der Waals surface area contributed by atoms with Crippen LogP contribution >= 0.6 is 0 Å². The van der Waals surface area contributed by atoms with E-state index < -0.39 is 13.9 Å². The van der Waals surface area contributed by atoms with Gasteiger partial charge in [-0.2, -0.15) is 0 Å². The quantitative estimate of drug-likeness (QED) is 0.151. The first kappa shape index (κ1) is 36.1. The van der Waals surface area contributed by atoms with Crippen LogP contribution in [-0.4, -0.2) is 62.2 Å². The summed E-state index contributed by atoms with van der Waals surface area (Å²) in [5, 5.41) is -0.00557. The van der Waals surface area contributed by atoms with Gasteiger partial charge in [0, 0.05) is 12.4 Å². The Kier molecular flexibility index (Phi) is 11.6. The molecular formula is C38H52N2O6Si. The topological polar surface area (TPSA) is 87.2 Å². The number of methoxy groups -OCH3 is 1. The van der Waals surface area contributed by atoms with Gasteiger partial charge in [-0.25, -0.2) is 9.59 Å². The standard InChI is InChI=1S/C38H52N2O6Si/c1-37(2,3)45-36(42)40(26-34(31-11-10-22-39-24-31)46-47(8,9)38(4,5)6)25-32-20-19-30-23-28(16-21-33(30)44-32)13-12-27-14-17-29(18-15-27)35(41)43-7/h10-11,14-18,21-24,32,34H,12-13,19-20,25-26H2,1-9H3/t32-,34+/m0/s1. The van der Waals surface area contributed by atoms with Crippen LogP contribution in [0.2, 0.25) is 18.1 Å². The predicted molar refractivity (Wildman–Crippen MR) is 187 cm³/mol. The summed E-state index contributed by atoms with van der Waals surface area (Å²) in [5.74, 6) is 0.532. The SMILES string of the molecule is COC(=O)c1ccc(CCc2ccc3c(c2)CC[C@@H](CN(C[C@@H](O[Si](C)(C)C(C)(C)C)c2cccnc2)C(=O)OC(C)(C)C)O3)cc1. The number of carbonyl (C=O) groups is 2. The van der Waals surface area contributed by atoms with Gasteiger partial charge in [0.1, 0.15) is 17.5 Å². The lowest BCUT2D eigenvalue weighted by Crippen LogP contribution is -2.48. The number of fused-ring (bicyclic) bond motifs is 1. The van der Waals surface area contributed by atoms with E-state index >= 15 is 0 Å². The first-order valence-corrected chi connectivity index (χ1v) is 19.5. The Labute approximate surface area is 281 Å². The van der Waals surface area contributed by atoms with Crippen molar-refractivity contribution in [2.24, 2.45) is 0 Å². The molecular weight excluding hydrogens is 609 g/mol. The third-order valence-electron chi connectivity index (χ3n) is 8.99. The van der Waals surface area contributed by atoms with E-state index in [9.17, 15) is 9.59 Å². The fraction of sp³-hybridized carbons (Fsp3) is 0.500. The van der Waals surface area contributed by atoms with Crippen molar-refractivity contribution in [3.8, 4) is 5.75 Å². The molecule has 0 unspecified atom stereocenters. The minimum atomic E-state index is -2.20. The molecule has 0 aliphatic carbocycles. The molecule has 2 atom stereocenters. The normalized spacial score (nSPS) is 15.6. The van der Waals surface area contributed by atoms with Gasteiger partial charge in [-0.3, -0.25) is 4.98 Å². The molecule has 0 saturated carbocycles. The van der Waals surface area contributed by atoms with Crippen molar-refractivity contribution in [1.29, 1.82) is 0 Å². The predicted octanol–water partition coefficient (Wildman–Crippen LogP) is 8.35. The molecule has 3 aromatic rings. The summed E-state index contributed by atoms with van der Waals surface area (Å²) in [7, 11) is -0.809. The summed E-state index contributed by atoms with van der Waals surface area (Å²) < 4.78 is 24.1. The van der Waals surface area contributed by atoms with Crippen LogP contribution in [0.15, 0.2) is 67.0 Å². The molecule has 2 heterocycles. The van der Waals surface area contributed by atoms with Crippen molar-refractivity contribution < 1.29 is 28.2 Å². The Balaban J connectivity index is 1.47. The van der Waals surface area contributed by atoms with E-state index in [1.807, 2.05) is 57.3 Å². The van der Waals surface area contributed by atoms with Gasteiger partial charge in [0.25, 0.3) is 0 Å². The average Bonchev–Trinajstić information content (AvgIpc) is 3.01. The third kappa shape index (κ3) is 10.1. The van der Waals surface area contributed by atoms with Crippen LogP contribution in [0.3, 0.4) is 0 Å². The number of aromatic nitrogens is 1. The number of amides is 1. The van der Waals surface area contributed by atoms with E-state index in [-0.39, 0.29) is 29.3 Å². The van der Waals surface area contributed by atoms with E-state index in [4.69, 9.17) is 18.6 Å². The molecule has 1 aromatic heterocycles. The molecule has 2 aromatic carbocycles. The number of aryl methyl sites for hydroxylation is 3. The second-order valence-corrected chi connectivity index (χ2v) is 19.7. The molecule has 0 fully saturated rings. The molecule has 9 heteroatoms. The summed E-state index contributed by atoms with van der Waals surface area (Å²) in [5.41, 5.74) is 4.43. The van der Waals surface area contributed by atoms with Gasteiger partial charge in [0.2, 0.25) is 0 Å². The molecule has 4 rings (SSSR count). The monoisotopic (exact) mass is 660 g/mol. The zero-order valence-corrected chi connectivity index (χ0v) is 30.6. The number of pyridine rings is 1. The van der Waals surface area contributed by atoms with Gasteiger partial charge in [-0.1, -0.05) is 51.1 Å². The van der Waals surface area contributed by atoms with Gasteiger partial charge >= 0.3 is 12.1 Å². The number of benzene rings is 2. The highest BCUT2D eigenvalue weighted by Gasteiger charge is 2.41. The minimum Gasteiger partial charge on any atom is -0.488 e. The lowest BCUT2D eigenvalue weighted by molar-refractivity contribution is 0.00489. The molecule has 0 radical (unpaired) electrons. The molecule has 1 aliphatic heterocycles. The fourth-order valence-corrected chi connectivity index (χ4v) is 6.58. The maximum absolute atomic E-state index is 13.7. The third-order valence-corrected chi connectivity index (χ3v) is 13.5. The van der Waals surface area contributed by atoms with Crippen molar-refractivity contribution >= 4 is 20.4 Å². The Morgan fingerprint density at radius 1 is 1.00 bits per heavy atom. The highest BCUT2D eigenvalue weighted by molar-refractivity contribution is 6.74. The highest BCUT2D eigenvalue weighted by Crippen LogP contribution is 2.40. The van der Waals surface area contributed by atoms with Crippen LogP contribution in [0.1, 0.15) is 86.7 Å². The lowest BCUT2D eigenvalue weighted by Gasteiger charge is -2.41. The van der Waals surface area contributed by atoms with E-state index in [2.05, 4.69) is 51.0 Å². The molecule has 1 amide bonds. The summed E-state index contributed by atoms with van der Waals surface area (Å²) >= 11 is 0. The van der Waals surface area contributed by atoms with E-state index in [0.717, 1.165) is 42.6 Å². The number of ether oxygens (including phenoxy) is 3. The molecule has 0 bridgehead atoms. The van der Waals surface area contributed by atoms with Crippen molar-refractivity contribution in [1.82, 2.24) is 9.88 Å². The van der Waals surface area contributed by atoms with Crippen molar-refractivity contribution in [2.45, 2.75) is 103 Å². The van der Waals surface area contributed by atoms with Crippen LogP contribution in [0.25, 0.3) is 0 Å². The molecule has 47 heavy (non-hydrogen) atoms. The van der Waals surface area contributed by atoms with Gasteiger partial charge in [-0.05, 0) is 111 Å². The smallest absolute Gasteiger partial charge is 0.410 e. The van der Waals surface area contributed by atoms with E-state index in [1.165, 1.54) is 18.2 Å². The van der Waals surface area contributed by atoms with Gasteiger partial charge in [0.15, 0.2) is 8.32 Å². The summed E-state index contributed by atoms with van der Waals surface area (Å²) in [6, 6.07) is 17.9. The van der Waals surface area contributed by atoms with Crippen molar-refractivity contribution in [3.63, 3.8) is 0 Å². The summed E-state index contributed by atoms with van der Waals surface area (Å²) in [4.78, 5) is 31.5. The zero-order chi connectivity index (χ0) is 34.4. The number of rotatable bonds is 11. The van der Waals surface area contributed by atoms with E-state index in [1.54, 1.807) is 23.2 Å². The Hall–Kier alpha value is -3.69. The molecule has 1 aliphatic rings. The Morgan fingerprint density at radius 2 is 1.68 bits per heavy atom. The maximum atomic E-state index is 13.7. The number of nitrogens with zero attached hydrogens (tertiary/aromatic N) is 2. The number of esters is 1. The molecule has 0 saturated heterocycles. The lowest BCUT2D eigenvalue weighted by atomic mass is 9.97. The molecule has 254 valence electrons. The molecule has 8 nitrogen and oxygen atoms in total. The second kappa shape index (κ2) is 15.0. The molecule has 0 N–H and O–H groups in total. The van der Waals surface area contributed by atoms with E-state index in [0.29, 0.717) is 18.7 Å². The first-order valence-electron chi connectivity index (χ1n) is 16.6. The van der Waals surface area contributed by atoms with Crippen LogP contribution in [0.5, 0.6) is 5.75 Å². The number of hydrogen-bond acceptors (Lipinski definition) is 7. The van der Waals surface area contributed by atoms with Gasteiger partial charge in [-0.15, -0.1) is 0 Å². The van der Waals surface area contributed by atoms with Crippen LogP contribution in [-0.2, 0) is 33.2 Å². The highest BCUT2D eigenvalue weighted by atomic mass is 28.4. The summed E-state index contributed by atoms with van der Waals surface area (Å²) in [6.07, 6.45) is 6.04. The zero-order valence-electron chi connectivity index (χ0n) is 29.6. The molecule has 0 spiro atoms. The van der Waals surface area contributed by atoms with Crippen molar-refractivity contribution in [2.75, 3.05) is 20.2 Å². The number of hydrogen-bond donors (Lipinski definition) is 0. The summed E-state index contributed by atoms with van der Waals surface area (Å²) in [6.45, 7) is 17.5. The number of carbonyl (C=O) groups excluding carboxylic acids is 2. The van der Waals surface area contributed by atoms with Crippen molar-refractivity contribution in [3.05, 3.63) is 94.8 Å². The van der Waals surface area contributed by atoms with Gasteiger partial charge in [0.05, 0.1) is 31.9 Å². The first-order chi connectivity index (χ1) is 22.0. The second-order valence-electron chi connectivity index (χ2n) is 14.9. The van der Waals surface area contributed by atoms with Crippen LogP contribution in [0.4, 0.5) is 4.79 Å². The van der Waals surface area contributed by atoms with Crippen LogP contribution in [0, 0.1) is 0 Å². The average molecular weight is 661 g/mol. The Bertz CT molecular complexity index is 1500.